The molecule has 2 aliphatic rings. The van der Waals surface area contributed by atoms with Crippen molar-refractivity contribution < 1.29 is 19.1 Å². The second-order valence-electron chi connectivity index (χ2n) is 7.31. The van der Waals surface area contributed by atoms with Crippen LogP contribution < -0.4 is 10.6 Å². The number of nitrogens with one attached hydrogen (secondary N) is 2. The van der Waals surface area contributed by atoms with E-state index >= 15 is 0 Å². The van der Waals surface area contributed by atoms with Crippen LogP contribution >= 0.6 is 0 Å². The zero-order chi connectivity index (χ0) is 20.4. The highest BCUT2D eigenvalue weighted by atomic mass is 16.5. The molecule has 0 aromatic heterocycles. The number of likely N-dealkylation sites (tertiary alicyclic amines) is 1. The van der Waals surface area contributed by atoms with Crippen molar-refractivity contribution in [2.75, 3.05) is 32.8 Å². The van der Waals surface area contributed by atoms with Gasteiger partial charge in [-0.15, -0.1) is 6.42 Å². The Morgan fingerprint density at radius 3 is 2.75 bits per heavy atom. The minimum absolute atomic E-state index is 0.0453. The summed E-state index contributed by atoms with van der Waals surface area (Å²) in [5.41, 5.74) is 0. The van der Waals surface area contributed by atoms with E-state index in [9.17, 15) is 14.4 Å². The Balaban J connectivity index is 1.84. The molecule has 7 heteroatoms. The summed E-state index contributed by atoms with van der Waals surface area (Å²) in [6, 6.07) is -0.697. The first-order valence-electron chi connectivity index (χ1n) is 10.1. The molecule has 154 valence electrons. The molecule has 28 heavy (non-hydrogen) atoms. The van der Waals surface area contributed by atoms with Crippen LogP contribution in [0.3, 0.4) is 0 Å². The molecule has 2 aliphatic heterocycles. The molecule has 2 atom stereocenters. The van der Waals surface area contributed by atoms with Crippen LogP contribution in [0.5, 0.6) is 0 Å². The van der Waals surface area contributed by atoms with Crippen LogP contribution in [0.25, 0.3) is 0 Å². The first-order valence-corrected chi connectivity index (χ1v) is 10.1. The van der Waals surface area contributed by atoms with E-state index in [-0.39, 0.29) is 30.8 Å². The van der Waals surface area contributed by atoms with Crippen LogP contribution in [-0.4, -0.2) is 61.5 Å². The van der Waals surface area contributed by atoms with Gasteiger partial charge in [0.15, 0.2) is 0 Å². The Hall–Kier alpha value is -2.33. The van der Waals surface area contributed by atoms with Gasteiger partial charge < -0.3 is 20.3 Å². The van der Waals surface area contributed by atoms with E-state index in [2.05, 4.69) is 16.6 Å². The highest BCUT2D eigenvalue weighted by Gasteiger charge is 2.29. The normalized spacial score (nSPS) is 21.7. The molecule has 2 fully saturated rings. The molecule has 0 radical (unpaired) electrons. The molecule has 2 rings (SSSR count). The molecule has 0 aromatic rings. The van der Waals surface area contributed by atoms with Gasteiger partial charge in [-0.25, -0.2) is 0 Å². The topological polar surface area (TPSA) is 87.7 Å². The van der Waals surface area contributed by atoms with Crippen molar-refractivity contribution >= 4 is 17.8 Å². The average Bonchev–Trinajstić information content (AvgIpc) is 2.72. The smallest absolute Gasteiger partial charge is 0.308 e. The van der Waals surface area contributed by atoms with Crippen molar-refractivity contribution in [1.82, 2.24) is 15.5 Å². The van der Waals surface area contributed by atoms with Gasteiger partial charge in [-0.3, -0.25) is 14.4 Å². The van der Waals surface area contributed by atoms with Crippen molar-refractivity contribution in [3.05, 3.63) is 12.2 Å². The predicted molar refractivity (Wildman–Crippen MR) is 106 cm³/mol. The van der Waals surface area contributed by atoms with Crippen molar-refractivity contribution in [2.45, 2.75) is 45.1 Å². The predicted octanol–water partition coefficient (Wildman–Crippen LogP) is 0.852. The number of ether oxygens (including phenoxy) is 1. The lowest BCUT2D eigenvalue weighted by molar-refractivity contribution is -0.143. The molecule has 0 bridgehead atoms. The Labute approximate surface area is 167 Å². The molecule has 0 spiro atoms. The van der Waals surface area contributed by atoms with E-state index in [1.807, 2.05) is 6.08 Å². The van der Waals surface area contributed by atoms with E-state index < -0.39 is 12.0 Å². The standard InChI is InChI=1S/C21H31N3O4/c1-3-18(14-20(26)28-4-2)23-21(27)17-6-5-13-24(15-17)19(25)8-7-16-9-11-22-12-10-16/h1,7-8,16-18,22H,4-6,9-15H2,2H3,(H,23,27)/b8-7+/t17-,18-/m1/s1. The fourth-order valence-electron chi connectivity index (χ4n) is 3.58. The SMILES string of the molecule is C#C[C@H](CC(=O)OCC)NC(=O)[C@@H]1CCCN(C(=O)/C=C/C2CCNCC2)C1. The van der Waals surface area contributed by atoms with Gasteiger partial charge in [-0.05, 0) is 57.7 Å². The Kier molecular flexibility index (Phi) is 9.02. The van der Waals surface area contributed by atoms with Crippen LogP contribution in [0, 0.1) is 24.2 Å². The first kappa shape index (κ1) is 22.0. The van der Waals surface area contributed by atoms with Crippen molar-refractivity contribution in [1.29, 1.82) is 0 Å². The molecule has 2 amide bonds. The third-order valence-corrected chi connectivity index (χ3v) is 5.19. The lowest BCUT2D eigenvalue weighted by Crippen LogP contribution is -2.47. The maximum atomic E-state index is 12.6. The Morgan fingerprint density at radius 1 is 1.32 bits per heavy atom. The number of carbonyl (C=O) groups excluding carboxylic acids is 3. The molecule has 0 aliphatic carbocycles. The molecule has 2 saturated heterocycles. The fourth-order valence-corrected chi connectivity index (χ4v) is 3.58. The average molecular weight is 389 g/mol. The number of allylic oxidation sites excluding steroid dienone is 1. The molecule has 2 N–H and O–H groups in total. The van der Waals surface area contributed by atoms with Crippen LogP contribution in [0.15, 0.2) is 12.2 Å². The van der Waals surface area contributed by atoms with Gasteiger partial charge >= 0.3 is 5.97 Å². The van der Waals surface area contributed by atoms with Gasteiger partial charge in [0.2, 0.25) is 11.8 Å². The quantitative estimate of drug-likeness (QED) is 0.383. The number of hydrogen-bond donors (Lipinski definition) is 2. The zero-order valence-corrected chi connectivity index (χ0v) is 16.6. The van der Waals surface area contributed by atoms with Gasteiger partial charge in [-0.1, -0.05) is 12.0 Å². The largest absolute Gasteiger partial charge is 0.466 e. The van der Waals surface area contributed by atoms with Gasteiger partial charge in [0.25, 0.3) is 0 Å². The molecule has 7 nitrogen and oxygen atoms in total. The lowest BCUT2D eigenvalue weighted by atomic mass is 9.95. The molecule has 0 saturated carbocycles. The van der Waals surface area contributed by atoms with Crippen molar-refractivity contribution in [3.63, 3.8) is 0 Å². The number of piperidine rings is 2. The monoisotopic (exact) mass is 389 g/mol. The lowest BCUT2D eigenvalue weighted by Gasteiger charge is -2.32. The third kappa shape index (κ3) is 7.01. The van der Waals surface area contributed by atoms with Crippen LogP contribution in [0.1, 0.15) is 39.0 Å². The van der Waals surface area contributed by atoms with Crippen LogP contribution in [-0.2, 0) is 19.1 Å². The maximum absolute atomic E-state index is 12.6. The summed E-state index contributed by atoms with van der Waals surface area (Å²) >= 11 is 0. The summed E-state index contributed by atoms with van der Waals surface area (Å²) in [6.07, 6.45) is 12.6. The minimum atomic E-state index is -0.697. The number of hydrogen-bond acceptors (Lipinski definition) is 5. The van der Waals surface area contributed by atoms with Crippen molar-refractivity contribution in [2.24, 2.45) is 11.8 Å². The van der Waals surface area contributed by atoms with E-state index in [1.54, 1.807) is 17.9 Å². The summed E-state index contributed by atoms with van der Waals surface area (Å²) in [5, 5.41) is 6.04. The fraction of sp³-hybridized carbons (Fsp3) is 0.667. The molecule has 2 heterocycles. The summed E-state index contributed by atoms with van der Waals surface area (Å²) in [7, 11) is 0. The van der Waals surface area contributed by atoms with E-state index in [4.69, 9.17) is 11.2 Å². The number of esters is 1. The number of terminal acetylenes is 1. The molecule has 0 aromatic carbocycles. The minimum Gasteiger partial charge on any atom is -0.466 e. The van der Waals surface area contributed by atoms with Crippen LogP contribution in [0.4, 0.5) is 0 Å². The van der Waals surface area contributed by atoms with E-state index in [0.29, 0.717) is 25.4 Å². The second-order valence-corrected chi connectivity index (χ2v) is 7.31. The summed E-state index contributed by atoms with van der Waals surface area (Å²) < 4.78 is 4.88. The van der Waals surface area contributed by atoms with E-state index in [0.717, 1.165) is 32.4 Å². The highest BCUT2D eigenvalue weighted by molar-refractivity contribution is 5.88. The van der Waals surface area contributed by atoms with Crippen molar-refractivity contribution in [3.8, 4) is 12.3 Å². The van der Waals surface area contributed by atoms with Crippen LogP contribution in [0.2, 0.25) is 0 Å². The van der Waals surface area contributed by atoms with Gasteiger partial charge in [-0.2, -0.15) is 0 Å². The van der Waals surface area contributed by atoms with Gasteiger partial charge in [0.1, 0.15) is 6.04 Å². The highest BCUT2D eigenvalue weighted by Crippen LogP contribution is 2.18. The Morgan fingerprint density at radius 2 is 2.07 bits per heavy atom. The number of nitrogens with zero attached hydrogens (tertiary/aromatic N) is 1. The first-order chi connectivity index (χ1) is 13.5. The maximum Gasteiger partial charge on any atom is 0.308 e. The van der Waals surface area contributed by atoms with E-state index in [1.165, 1.54) is 0 Å². The van der Waals surface area contributed by atoms with Gasteiger partial charge in [0.05, 0.1) is 18.9 Å². The second kappa shape index (κ2) is 11.5. The zero-order valence-electron chi connectivity index (χ0n) is 16.6. The third-order valence-electron chi connectivity index (χ3n) is 5.19. The molecule has 0 unspecified atom stereocenters. The summed E-state index contributed by atoms with van der Waals surface area (Å²) in [6.45, 7) is 4.98. The number of amides is 2. The number of rotatable bonds is 7. The summed E-state index contributed by atoms with van der Waals surface area (Å²) in [4.78, 5) is 38.4. The number of carbonyl (C=O) groups is 3. The molecular weight excluding hydrogens is 358 g/mol. The molecular formula is C21H31N3O4. The summed E-state index contributed by atoms with van der Waals surface area (Å²) in [5.74, 6) is 1.85. The van der Waals surface area contributed by atoms with Gasteiger partial charge in [0, 0.05) is 13.1 Å². The Bertz CT molecular complexity index is 620.